The number of ether oxygens (including phenoxy) is 1. The number of urea groups is 1. The van der Waals surface area contributed by atoms with Crippen LogP contribution in [0.3, 0.4) is 0 Å². The van der Waals surface area contributed by atoms with Gasteiger partial charge in [0, 0.05) is 19.5 Å². The fourth-order valence-corrected chi connectivity index (χ4v) is 6.79. The van der Waals surface area contributed by atoms with E-state index in [-0.39, 0.29) is 52.7 Å². The van der Waals surface area contributed by atoms with Gasteiger partial charge < -0.3 is 29.9 Å². The van der Waals surface area contributed by atoms with Crippen LogP contribution in [-0.2, 0) is 10.0 Å². The van der Waals surface area contributed by atoms with Gasteiger partial charge in [0.1, 0.15) is 21.7 Å². The van der Waals surface area contributed by atoms with Gasteiger partial charge in [0.05, 0.1) is 30.4 Å². The summed E-state index contributed by atoms with van der Waals surface area (Å²) in [6.45, 7) is 6.89. The zero-order valence-corrected chi connectivity index (χ0v) is 24.5. The Morgan fingerprint density at radius 2 is 2.02 bits per heavy atom. The summed E-state index contributed by atoms with van der Waals surface area (Å²) in [7, 11) is -2.29. The molecule has 40 heavy (non-hydrogen) atoms. The van der Waals surface area contributed by atoms with Crippen LogP contribution in [0.25, 0.3) is 0 Å². The lowest BCUT2D eigenvalue weighted by Gasteiger charge is -2.38. The Morgan fingerprint density at radius 3 is 2.65 bits per heavy atom. The topological polar surface area (TPSA) is 154 Å². The minimum atomic E-state index is -3.77. The molecule has 3 N–H and O–H groups in total. The van der Waals surface area contributed by atoms with Crippen molar-refractivity contribution in [2.24, 2.45) is 5.92 Å². The minimum absolute atomic E-state index is 0.0179. The first-order valence-corrected chi connectivity index (χ1v) is 15.0. The lowest BCUT2D eigenvalue weighted by atomic mass is 9.99. The number of para-hydroxylation sites is 1. The summed E-state index contributed by atoms with van der Waals surface area (Å²) in [4.78, 5) is 28.1. The van der Waals surface area contributed by atoms with Crippen molar-refractivity contribution in [3.05, 3.63) is 52.7 Å². The standard InChI is InChI=1S/C26H33N5O7S2/c1-15-12-31(16(2)14-32)25(33)19-8-6-9-20(27-26(34)28-23-17(3)29-38-18(23)4)24(19)37-21(15)13-30(5)40(35,36)22-10-7-11-39-22/h6-11,15-16,21,32H,12-14H2,1-5H3,(H2,27,28,34)/t15-,16+,21+/m0/s1. The van der Waals surface area contributed by atoms with Crippen molar-refractivity contribution in [3.8, 4) is 5.75 Å². The Kier molecular flexibility index (Phi) is 8.83. The normalized spacial score (nSPS) is 18.5. The number of amides is 3. The second-order valence-corrected chi connectivity index (χ2v) is 13.0. The van der Waals surface area contributed by atoms with Gasteiger partial charge in [-0.15, -0.1) is 11.3 Å². The van der Waals surface area contributed by atoms with Crippen molar-refractivity contribution in [1.82, 2.24) is 14.4 Å². The molecule has 1 aliphatic heterocycles. The number of sulfonamides is 1. The molecule has 1 aliphatic rings. The summed E-state index contributed by atoms with van der Waals surface area (Å²) in [5.41, 5.74) is 1.31. The number of aryl methyl sites for hydroxylation is 2. The van der Waals surface area contributed by atoms with Crippen molar-refractivity contribution in [3.63, 3.8) is 0 Å². The molecule has 0 aliphatic carbocycles. The molecule has 4 rings (SSSR count). The number of hydrogen-bond acceptors (Lipinski definition) is 9. The second kappa shape index (κ2) is 12.0. The number of aliphatic hydroxyl groups is 1. The van der Waals surface area contributed by atoms with E-state index in [4.69, 9.17) is 9.26 Å². The van der Waals surface area contributed by atoms with E-state index in [2.05, 4.69) is 15.8 Å². The van der Waals surface area contributed by atoms with E-state index in [1.807, 2.05) is 6.92 Å². The van der Waals surface area contributed by atoms with Crippen molar-refractivity contribution in [1.29, 1.82) is 0 Å². The Bertz CT molecular complexity index is 1450. The van der Waals surface area contributed by atoms with E-state index < -0.39 is 28.2 Å². The summed E-state index contributed by atoms with van der Waals surface area (Å²) in [5.74, 6) is -0.178. The maximum Gasteiger partial charge on any atom is 0.323 e. The Hall–Kier alpha value is -3.46. The molecule has 3 heterocycles. The van der Waals surface area contributed by atoms with Gasteiger partial charge in [-0.3, -0.25) is 4.79 Å². The molecule has 0 saturated carbocycles. The highest BCUT2D eigenvalue weighted by molar-refractivity contribution is 7.91. The van der Waals surface area contributed by atoms with Crippen molar-refractivity contribution in [2.45, 2.75) is 44.0 Å². The molecule has 3 atom stereocenters. The Balaban J connectivity index is 1.70. The molecule has 12 nitrogen and oxygen atoms in total. The van der Waals surface area contributed by atoms with Gasteiger partial charge in [0.15, 0.2) is 11.5 Å². The zero-order chi connectivity index (χ0) is 29.2. The van der Waals surface area contributed by atoms with Crippen LogP contribution in [-0.4, -0.2) is 78.7 Å². The number of nitrogens with one attached hydrogen (secondary N) is 2. The van der Waals surface area contributed by atoms with Crippen LogP contribution < -0.4 is 15.4 Å². The van der Waals surface area contributed by atoms with Crippen molar-refractivity contribution >= 4 is 44.7 Å². The number of nitrogens with zero attached hydrogens (tertiary/aromatic N) is 3. The van der Waals surface area contributed by atoms with Gasteiger partial charge in [-0.1, -0.05) is 24.2 Å². The average molecular weight is 592 g/mol. The van der Waals surface area contributed by atoms with Crippen LogP contribution in [0.1, 0.15) is 35.7 Å². The third kappa shape index (κ3) is 5.99. The highest BCUT2D eigenvalue weighted by Gasteiger charge is 2.36. The molecule has 0 radical (unpaired) electrons. The molecule has 0 saturated heterocycles. The maximum atomic E-state index is 13.6. The van der Waals surface area contributed by atoms with Crippen molar-refractivity contribution < 1.29 is 32.4 Å². The predicted octanol–water partition coefficient (Wildman–Crippen LogP) is 3.54. The molecule has 1 aromatic carbocycles. The van der Waals surface area contributed by atoms with E-state index in [1.165, 1.54) is 17.4 Å². The molecule has 0 unspecified atom stereocenters. The van der Waals surface area contributed by atoms with E-state index in [1.54, 1.807) is 55.3 Å². The van der Waals surface area contributed by atoms with Gasteiger partial charge in [-0.2, -0.15) is 4.31 Å². The Labute approximate surface area is 237 Å². The summed E-state index contributed by atoms with van der Waals surface area (Å²) < 4.78 is 39.3. The highest BCUT2D eigenvalue weighted by Crippen LogP contribution is 2.35. The summed E-state index contributed by atoms with van der Waals surface area (Å²) in [6.07, 6.45) is -0.700. The first-order chi connectivity index (χ1) is 18.9. The number of hydrogen-bond donors (Lipinski definition) is 3. The van der Waals surface area contributed by atoms with Gasteiger partial charge in [-0.05, 0) is 44.4 Å². The lowest BCUT2D eigenvalue weighted by molar-refractivity contribution is 0.0389. The summed E-state index contributed by atoms with van der Waals surface area (Å²) in [5, 5.41) is 20.8. The quantitative estimate of drug-likeness (QED) is 0.359. The third-order valence-electron chi connectivity index (χ3n) is 6.81. The number of likely N-dealkylation sites (N-methyl/N-ethyl adjacent to an activating group) is 1. The third-order valence-corrected chi connectivity index (χ3v) is 10.0. The first-order valence-electron chi connectivity index (χ1n) is 12.7. The molecular weight excluding hydrogens is 558 g/mol. The van der Waals surface area contributed by atoms with Crippen LogP contribution in [0, 0.1) is 19.8 Å². The van der Waals surface area contributed by atoms with Gasteiger partial charge in [0.2, 0.25) is 0 Å². The second-order valence-electron chi connectivity index (χ2n) is 9.80. The fourth-order valence-electron chi connectivity index (χ4n) is 4.40. The number of aromatic nitrogens is 1. The molecule has 2 aromatic heterocycles. The number of thiophene rings is 1. The number of anilines is 2. The van der Waals surface area contributed by atoms with E-state index >= 15 is 0 Å². The molecule has 0 fully saturated rings. The zero-order valence-electron chi connectivity index (χ0n) is 22.9. The van der Waals surface area contributed by atoms with Crippen molar-refractivity contribution in [2.75, 3.05) is 37.4 Å². The van der Waals surface area contributed by atoms with Crippen LogP contribution >= 0.6 is 11.3 Å². The van der Waals surface area contributed by atoms with Crippen LogP contribution in [0.15, 0.2) is 44.4 Å². The lowest BCUT2D eigenvalue weighted by Crippen LogP contribution is -2.50. The number of benzene rings is 1. The number of aliphatic hydroxyl groups excluding tert-OH is 1. The molecule has 3 aromatic rings. The van der Waals surface area contributed by atoms with Gasteiger partial charge in [-0.25, -0.2) is 13.2 Å². The monoisotopic (exact) mass is 591 g/mol. The number of carbonyl (C=O) groups excluding carboxylic acids is 2. The van der Waals surface area contributed by atoms with E-state index in [9.17, 15) is 23.1 Å². The molecular formula is C26H33N5O7S2. The number of rotatable bonds is 8. The SMILES string of the molecule is Cc1noc(C)c1NC(=O)Nc1cccc2c1O[C@H](CN(C)S(=O)(=O)c1cccs1)[C@@H](C)CN([C@H](C)CO)C2=O. The van der Waals surface area contributed by atoms with Gasteiger partial charge in [0.25, 0.3) is 15.9 Å². The maximum absolute atomic E-state index is 13.6. The smallest absolute Gasteiger partial charge is 0.323 e. The Morgan fingerprint density at radius 1 is 1.27 bits per heavy atom. The minimum Gasteiger partial charge on any atom is -0.486 e. The number of fused-ring (bicyclic) bond motifs is 1. The van der Waals surface area contributed by atoms with Crippen LogP contribution in [0.5, 0.6) is 5.75 Å². The summed E-state index contributed by atoms with van der Waals surface area (Å²) in [6, 6.07) is 6.87. The first kappa shape index (κ1) is 29.5. The van der Waals surface area contributed by atoms with Crippen LogP contribution in [0.2, 0.25) is 0 Å². The van der Waals surface area contributed by atoms with E-state index in [0.29, 0.717) is 17.1 Å². The summed E-state index contributed by atoms with van der Waals surface area (Å²) >= 11 is 1.12. The molecule has 0 spiro atoms. The molecule has 14 heteroatoms. The van der Waals surface area contributed by atoms with Crippen LogP contribution in [0.4, 0.5) is 16.2 Å². The molecule has 3 amide bonds. The largest absolute Gasteiger partial charge is 0.486 e. The number of carbonyl (C=O) groups is 2. The molecule has 216 valence electrons. The molecule has 0 bridgehead atoms. The highest BCUT2D eigenvalue weighted by atomic mass is 32.2. The van der Waals surface area contributed by atoms with Gasteiger partial charge >= 0.3 is 6.03 Å². The predicted molar refractivity (Wildman–Crippen MR) is 150 cm³/mol. The van der Waals surface area contributed by atoms with E-state index in [0.717, 1.165) is 11.3 Å². The average Bonchev–Trinajstić information content (AvgIpc) is 3.57. The fraction of sp³-hybridized carbons (Fsp3) is 0.423.